The first kappa shape index (κ1) is 14.6. The van der Waals surface area contributed by atoms with Gasteiger partial charge in [-0.25, -0.2) is 5.10 Å². The summed E-state index contributed by atoms with van der Waals surface area (Å²) >= 11 is 0. The van der Waals surface area contributed by atoms with E-state index in [2.05, 4.69) is 25.5 Å². The molecule has 22 heavy (non-hydrogen) atoms. The maximum absolute atomic E-state index is 12.0. The lowest BCUT2D eigenvalue weighted by atomic mass is 10.1. The van der Waals surface area contributed by atoms with Gasteiger partial charge in [-0.1, -0.05) is 0 Å². The number of nitrogens with two attached hydrogens (primary N) is 1. The average molecular weight is 303 g/mol. The number of hydrogen-bond donors (Lipinski definition) is 3. The topological polar surface area (TPSA) is 105 Å². The highest BCUT2D eigenvalue weighted by molar-refractivity contribution is 5.59. The number of H-pyrrole nitrogens is 1. The zero-order valence-electron chi connectivity index (χ0n) is 12.8. The van der Waals surface area contributed by atoms with E-state index in [1.54, 1.807) is 10.7 Å². The Morgan fingerprint density at radius 3 is 2.95 bits per heavy atom. The van der Waals surface area contributed by atoms with Crippen molar-refractivity contribution in [3.63, 3.8) is 0 Å². The molecule has 1 atom stereocenters. The SMILES string of the molecule is Cc1cc(Nc2cc(N3CCCC(N)C3)n[nH]c2=O)nn1C. The molecule has 118 valence electrons. The third-order valence-corrected chi connectivity index (χ3v) is 3.95. The van der Waals surface area contributed by atoms with E-state index in [0.29, 0.717) is 11.5 Å². The number of hydrogen-bond acceptors (Lipinski definition) is 6. The lowest BCUT2D eigenvalue weighted by molar-refractivity contribution is 0.502. The molecule has 3 rings (SSSR count). The van der Waals surface area contributed by atoms with Gasteiger partial charge in [0.25, 0.3) is 5.56 Å². The van der Waals surface area contributed by atoms with E-state index in [1.165, 1.54) is 0 Å². The zero-order chi connectivity index (χ0) is 15.7. The minimum absolute atomic E-state index is 0.150. The highest BCUT2D eigenvalue weighted by Crippen LogP contribution is 2.19. The monoisotopic (exact) mass is 303 g/mol. The first-order chi connectivity index (χ1) is 10.5. The second-order valence-corrected chi connectivity index (χ2v) is 5.74. The van der Waals surface area contributed by atoms with E-state index in [0.717, 1.165) is 37.4 Å². The molecule has 0 amide bonds. The molecule has 1 unspecified atom stereocenters. The fraction of sp³-hybridized carbons (Fsp3) is 0.500. The van der Waals surface area contributed by atoms with Crippen LogP contribution in [-0.4, -0.2) is 39.1 Å². The molecule has 1 fully saturated rings. The molecule has 1 aliphatic rings. The lowest BCUT2D eigenvalue weighted by Crippen LogP contribution is -2.43. The summed E-state index contributed by atoms with van der Waals surface area (Å²) in [4.78, 5) is 14.1. The number of aromatic nitrogens is 4. The van der Waals surface area contributed by atoms with Crippen molar-refractivity contribution < 1.29 is 0 Å². The summed E-state index contributed by atoms with van der Waals surface area (Å²) in [7, 11) is 1.86. The molecule has 0 spiro atoms. The standard InChI is InChI=1S/C14H21N7O/c1-9-6-12(19-20(9)2)16-11-7-13(17-18-14(11)22)21-5-3-4-10(15)8-21/h6-7,10H,3-5,8,15H2,1-2H3,(H,18,22)(H,16,17,19). The van der Waals surface area contributed by atoms with Crippen LogP contribution in [0.3, 0.4) is 0 Å². The molecular weight excluding hydrogens is 282 g/mol. The number of rotatable bonds is 3. The Balaban J connectivity index is 1.85. The lowest BCUT2D eigenvalue weighted by Gasteiger charge is -2.31. The fourth-order valence-corrected chi connectivity index (χ4v) is 2.63. The van der Waals surface area contributed by atoms with Crippen molar-refractivity contribution in [2.45, 2.75) is 25.8 Å². The minimum atomic E-state index is -0.270. The molecule has 4 N–H and O–H groups in total. The van der Waals surface area contributed by atoms with Crippen LogP contribution < -0.4 is 21.5 Å². The van der Waals surface area contributed by atoms with Crippen LogP contribution in [0.25, 0.3) is 0 Å². The molecule has 0 radical (unpaired) electrons. The predicted octanol–water partition coefficient (Wildman–Crippen LogP) is 0.483. The molecular formula is C14H21N7O. The van der Waals surface area contributed by atoms with Crippen molar-refractivity contribution in [3.8, 4) is 0 Å². The first-order valence-corrected chi connectivity index (χ1v) is 7.41. The van der Waals surface area contributed by atoms with E-state index < -0.39 is 0 Å². The summed E-state index contributed by atoms with van der Waals surface area (Å²) in [6, 6.07) is 3.79. The van der Waals surface area contributed by atoms with Gasteiger partial charge in [0, 0.05) is 44.0 Å². The number of aryl methyl sites for hydroxylation is 2. The summed E-state index contributed by atoms with van der Waals surface area (Å²) in [6.07, 6.45) is 2.06. The van der Waals surface area contributed by atoms with Crippen LogP contribution in [0, 0.1) is 6.92 Å². The highest BCUT2D eigenvalue weighted by Gasteiger charge is 2.19. The van der Waals surface area contributed by atoms with Gasteiger partial charge in [0.2, 0.25) is 0 Å². The minimum Gasteiger partial charge on any atom is -0.354 e. The third-order valence-electron chi connectivity index (χ3n) is 3.95. The number of nitrogens with one attached hydrogen (secondary N) is 2. The van der Waals surface area contributed by atoms with Gasteiger partial charge < -0.3 is 16.0 Å². The number of aromatic amines is 1. The Morgan fingerprint density at radius 2 is 2.27 bits per heavy atom. The molecule has 1 saturated heterocycles. The molecule has 0 aromatic carbocycles. The summed E-state index contributed by atoms with van der Waals surface area (Å²) < 4.78 is 1.75. The molecule has 2 aromatic rings. The average Bonchev–Trinajstić information content (AvgIpc) is 2.80. The van der Waals surface area contributed by atoms with Crippen LogP contribution in [0.5, 0.6) is 0 Å². The predicted molar refractivity (Wildman–Crippen MR) is 85.5 cm³/mol. The van der Waals surface area contributed by atoms with Gasteiger partial charge in [0.15, 0.2) is 11.6 Å². The van der Waals surface area contributed by atoms with Crippen molar-refractivity contribution in [2.75, 3.05) is 23.3 Å². The van der Waals surface area contributed by atoms with Gasteiger partial charge in [-0.2, -0.15) is 10.2 Å². The molecule has 0 bridgehead atoms. The summed E-state index contributed by atoms with van der Waals surface area (Å²) in [6.45, 7) is 3.60. The van der Waals surface area contributed by atoms with Gasteiger partial charge >= 0.3 is 0 Å². The van der Waals surface area contributed by atoms with Crippen molar-refractivity contribution in [1.82, 2.24) is 20.0 Å². The van der Waals surface area contributed by atoms with Gasteiger partial charge in [-0.05, 0) is 19.8 Å². The van der Waals surface area contributed by atoms with Gasteiger partial charge in [-0.3, -0.25) is 9.48 Å². The van der Waals surface area contributed by atoms with Crippen molar-refractivity contribution in [3.05, 3.63) is 28.2 Å². The molecule has 1 aliphatic heterocycles. The van der Waals surface area contributed by atoms with Crippen molar-refractivity contribution >= 4 is 17.3 Å². The van der Waals surface area contributed by atoms with E-state index in [9.17, 15) is 4.79 Å². The number of nitrogens with zero attached hydrogens (tertiary/aromatic N) is 4. The largest absolute Gasteiger partial charge is 0.354 e. The van der Waals surface area contributed by atoms with Crippen molar-refractivity contribution in [2.24, 2.45) is 12.8 Å². The Morgan fingerprint density at radius 1 is 1.45 bits per heavy atom. The number of anilines is 3. The molecule has 0 saturated carbocycles. The second-order valence-electron chi connectivity index (χ2n) is 5.74. The van der Waals surface area contributed by atoms with Gasteiger partial charge in [0.1, 0.15) is 5.69 Å². The number of piperidine rings is 1. The Kier molecular flexibility index (Phi) is 3.84. The maximum Gasteiger partial charge on any atom is 0.288 e. The second kappa shape index (κ2) is 5.80. The van der Waals surface area contributed by atoms with Crippen LogP contribution in [-0.2, 0) is 7.05 Å². The molecule has 0 aliphatic carbocycles. The van der Waals surface area contributed by atoms with E-state index in [-0.39, 0.29) is 11.6 Å². The Hall–Kier alpha value is -2.35. The van der Waals surface area contributed by atoms with Crippen LogP contribution in [0.15, 0.2) is 16.9 Å². The molecule has 8 heteroatoms. The van der Waals surface area contributed by atoms with E-state index in [1.807, 2.05) is 20.0 Å². The smallest absolute Gasteiger partial charge is 0.288 e. The van der Waals surface area contributed by atoms with Crippen molar-refractivity contribution in [1.29, 1.82) is 0 Å². The van der Waals surface area contributed by atoms with E-state index in [4.69, 9.17) is 5.73 Å². The maximum atomic E-state index is 12.0. The van der Waals surface area contributed by atoms with E-state index >= 15 is 0 Å². The fourth-order valence-electron chi connectivity index (χ4n) is 2.63. The zero-order valence-corrected chi connectivity index (χ0v) is 12.8. The summed E-state index contributed by atoms with van der Waals surface area (Å²) in [5, 5.41) is 14.0. The first-order valence-electron chi connectivity index (χ1n) is 7.41. The van der Waals surface area contributed by atoms with Gasteiger partial charge in [-0.15, -0.1) is 0 Å². The van der Waals surface area contributed by atoms with Crippen LogP contribution in [0.4, 0.5) is 17.3 Å². The summed E-state index contributed by atoms with van der Waals surface area (Å²) in [5.74, 6) is 1.36. The Labute approximate surface area is 128 Å². The highest BCUT2D eigenvalue weighted by atomic mass is 16.1. The quantitative estimate of drug-likeness (QED) is 0.762. The molecule has 2 aromatic heterocycles. The molecule has 3 heterocycles. The summed E-state index contributed by atoms with van der Waals surface area (Å²) in [5.41, 5.74) is 7.18. The van der Waals surface area contributed by atoms with Crippen LogP contribution >= 0.6 is 0 Å². The normalized spacial score (nSPS) is 18.5. The third kappa shape index (κ3) is 2.96. The van der Waals surface area contributed by atoms with Gasteiger partial charge in [0.05, 0.1) is 0 Å². The van der Waals surface area contributed by atoms with Crippen LogP contribution in [0.1, 0.15) is 18.5 Å². The Bertz CT molecular complexity index is 701. The molecule has 8 nitrogen and oxygen atoms in total. The van der Waals surface area contributed by atoms with Crippen LogP contribution in [0.2, 0.25) is 0 Å².